The van der Waals surface area contributed by atoms with E-state index in [-0.39, 0.29) is 11.3 Å². The fourth-order valence-corrected chi connectivity index (χ4v) is 2.86. The lowest BCUT2D eigenvalue weighted by Crippen LogP contribution is -2.34. The van der Waals surface area contributed by atoms with E-state index in [9.17, 15) is 14.7 Å². The lowest BCUT2D eigenvalue weighted by Gasteiger charge is -2.19. The van der Waals surface area contributed by atoms with Crippen LogP contribution in [0.15, 0.2) is 53.3 Å². The zero-order chi connectivity index (χ0) is 18.1. The molecule has 1 heterocycles. The summed E-state index contributed by atoms with van der Waals surface area (Å²) in [6.07, 6.45) is 0. The van der Waals surface area contributed by atoms with Gasteiger partial charge in [-0.2, -0.15) is 0 Å². The van der Waals surface area contributed by atoms with Crippen LogP contribution in [0.2, 0.25) is 0 Å². The molecule has 0 radical (unpaired) electrons. The molecule has 25 heavy (non-hydrogen) atoms. The van der Waals surface area contributed by atoms with Crippen LogP contribution in [0.3, 0.4) is 0 Å². The van der Waals surface area contributed by atoms with Gasteiger partial charge in [-0.1, -0.05) is 24.3 Å². The lowest BCUT2D eigenvalue weighted by molar-refractivity contribution is 0.0988. The highest BCUT2D eigenvalue weighted by atomic mass is 16.5. The normalized spacial score (nSPS) is 10.7. The highest BCUT2D eigenvalue weighted by Gasteiger charge is 2.25. The second-order valence-electron chi connectivity index (χ2n) is 5.64. The molecule has 3 rings (SSSR count). The number of anilines is 1. The maximum atomic E-state index is 12.9. The number of rotatable bonds is 3. The third-order valence-electron chi connectivity index (χ3n) is 4.23. The maximum absolute atomic E-state index is 12.9. The van der Waals surface area contributed by atoms with Gasteiger partial charge >= 0.3 is 0 Å². The first-order valence-electron chi connectivity index (χ1n) is 7.69. The SMILES string of the molecule is COc1cccc2c(O)c(C(=O)N(C)c3ccccc3)c(=O)n(C)c12. The molecular weight excluding hydrogens is 320 g/mol. The fraction of sp³-hybridized carbons (Fsp3) is 0.158. The van der Waals surface area contributed by atoms with Gasteiger partial charge in [0.25, 0.3) is 11.5 Å². The van der Waals surface area contributed by atoms with E-state index in [0.29, 0.717) is 22.3 Å². The number of aromatic hydroxyl groups is 1. The number of hydrogen-bond acceptors (Lipinski definition) is 4. The van der Waals surface area contributed by atoms with Crippen LogP contribution < -0.4 is 15.2 Å². The molecule has 6 nitrogen and oxygen atoms in total. The Kier molecular flexibility index (Phi) is 4.19. The molecule has 1 aromatic heterocycles. The van der Waals surface area contributed by atoms with Gasteiger partial charge < -0.3 is 19.3 Å². The summed E-state index contributed by atoms with van der Waals surface area (Å²) in [4.78, 5) is 26.9. The average molecular weight is 338 g/mol. The fourth-order valence-electron chi connectivity index (χ4n) is 2.86. The molecule has 0 atom stereocenters. The zero-order valence-electron chi connectivity index (χ0n) is 14.2. The number of carbonyl (C=O) groups is 1. The van der Waals surface area contributed by atoms with Crippen molar-refractivity contribution in [3.63, 3.8) is 0 Å². The molecule has 0 saturated heterocycles. The Morgan fingerprint density at radius 2 is 1.80 bits per heavy atom. The number of benzene rings is 2. The molecule has 0 spiro atoms. The number of methoxy groups -OCH3 is 1. The summed E-state index contributed by atoms with van der Waals surface area (Å²) < 4.78 is 6.59. The number of aromatic nitrogens is 1. The van der Waals surface area contributed by atoms with Gasteiger partial charge in [0.2, 0.25) is 0 Å². The van der Waals surface area contributed by atoms with E-state index in [4.69, 9.17) is 4.74 Å². The van der Waals surface area contributed by atoms with Crippen molar-refractivity contribution >= 4 is 22.5 Å². The molecule has 0 aliphatic heterocycles. The van der Waals surface area contributed by atoms with Crippen molar-refractivity contribution < 1.29 is 14.6 Å². The summed E-state index contributed by atoms with van der Waals surface area (Å²) in [5, 5.41) is 11.0. The molecule has 0 aliphatic carbocycles. The predicted octanol–water partition coefficient (Wildman–Crippen LogP) is 2.53. The van der Waals surface area contributed by atoms with E-state index in [2.05, 4.69) is 0 Å². The van der Waals surface area contributed by atoms with Gasteiger partial charge in [0.15, 0.2) is 0 Å². The molecule has 6 heteroatoms. The molecule has 128 valence electrons. The number of carbonyl (C=O) groups excluding carboxylic acids is 1. The van der Waals surface area contributed by atoms with Crippen LogP contribution in [0.25, 0.3) is 10.9 Å². The maximum Gasteiger partial charge on any atom is 0.267 e. The minimum Gasteiger partial charge on any atom is -0.506 e. The number of para-hydroxylation sites is 2. The summed E-state index contributed by atoms with van der Waals surface area (Å²) in [5.41, 5.74) is 0.211. The quantitative estimate of drug-likeness (QED) is 0.796. The molecule has 0 bridgehead atoms. The number of amides is 1. The van der Waals surface area contributed by atoms with Crippen LogP contribution in [0.4, 0.5) is 5.69 Å². The summed E-state index contributed by atoms with van der Waals surface area (Å²) in [5.74, 6) is -0.471. The Labute approximate surface area is 144 Å². The molecule has 2 aromatic carbocycles. The molecule has 1 amide bonds. The smallest absolute Gasteiger partial charge is 0.267 e. The van der Waals surface area contributed by atoms with Crippen molar-refractivity contribution in [1.29, 1.82) is 0 Å². The summed E-state index contributed by atoms with van der Waals surface area (Å²) >= 11 is 0. The molecular formula is C19H18N2O4. The highest BCUT2D eigenvalue weighted by molar-refractivity contribution is 6.10. The van der Waals surface area contributed by atoms with Gasteiger partial charge in [-0.25, -0.2) is 0 Å². The van der Waals surface area contributed by atoms with Gasteiger partial charge in [0, 0.05) is 25.2 Å². The van der Waals surface area contributed by atoms with Crippen molar-refractivity contribution in [2.24, 2.45) is 7.05 Å². The summed E-state index contributed by atoms with van der Waals surface area (Å²) in [7, 11) is 4.59. The van der Waals surface area contributed by atoms with Crippen LogP contribution in [0, 0.1) is 0 Å². The number of nitrogens with zero attached hydrogens (tertiary/aromatic N) is 2. The minimum atomic E-state index is -0.581. The first kappa shape index (κ1) is 16.6. The molecule has 0 saturated carbocycles. The largest absolute Gasteiger partial charge is 0.506 e. The first-order valence-corrected chi connectivity index (χ1v) is 7.69. The van der Waals surface area contributed by atoms with Crippen molar-refractivity contribution in [3.8, 4) is 11.5 Å². The van der Waals surface area contributed by atoms with Gasteiger partial charge in [-0.3, -0.25) is 9.59 Å². The number of aryl methyl sites for hydroxylation is 1. The molecule has 3 aromatic rings. The Morgan fingerprint density at radius 3 is 2.44 bits per heavy atom. The highest BCUT2D eigenvalue weighted by Crippen LogP contribution is 2.32. The predicted molar refractivity (Wildman–Crippen MR) is 96.6 cm³/mol. The van der Waals surface area contributed by atoms with Gasteiger partial charge in [0.05, 0.1) is 12.6 Å². The average Bonchev–Trinajstić information content (AvgIpc) is 2.65. The first-order chi connectivity index (χ1) is 12.0. The Balaban J connectivity index is 2.24. The molecule has 0 aliphatic rings. The van der Waals surface area contributed by atoms with Crippen LogP contribution in [0.1, 0.15) is 10.4 Å². The topological polar surface area (TPSA) is 71.8 Å². The van der Waals surface area contributed by atoms with E-state index < -0.39 is 11.5 Å². The Morgan fingerprint density at radius 1 is 1.12 bits per heavy atom. The second kappa shape index (κ2) is 6.32. The Bertz CT molecular complexity index is 1010. The monoisotopic (exact) mass is 338 g/mol. The lowest BCUT2D eigenvalue weighted by atomic mass is 10.1. The van der Waals surface area contributed by atoms with Crippen molar-refractivity contribution in [1.82, 2.24) is 4.57 Å². The van der Waals surface area contributed by atoms with E-state index in [1.807, 2.05) is 6.07 Å². The third kappa shape index (κ3) is 2.61. The van der Waals surface area contributed by atoms with Crippen molar-refractivity contribution in [3.05, 3.63) is 64.4 Å². The molecule has 0 unspecified atom stereocenters. The Hall–Kier alpha value is -3.28. The standard InChI is InChI=1S/C19H18N2O4/c1-20(12-8-5-4-6-9-12)18(23)15-17(22)13-10-7-11-14(25-3)16(13)21(2)19(15)24/h4-11,22H,1-3H3. The van der Waals surface area contributed by atoms with Gasteiger partial charge in [0.1, 0.15) is 17.1 Å². The summed E-state index contributed by atoms with van der Waals surface area (Å²) in [6, 6.07) is 14.0. The second-order valence-corrected chi connectivity index (χ2v) is 5.64. The van der Waals surface area contributed by atoms with Gasteiger partial charge in [-0.15, -0.1) is 0 Å². The van der Waals surface area contributed by atoms with Crippen LogP contribution in [-0.2, 0) is 7.05 Å². The minimum absolute atomic E-state index is 0.269. The number of fused-ring (bicyclic) bond motifs is 1. The van der Waals surface area contributed by atoms with Crippen LogP contribution in [-0.4, -0.2) is 29.7 Å². The van der Waals surface area contributed by atoms with Crippen LogP contribution >= 0.6 is 0 Å². The zero-order valence-corrected chi connectivity index (χ0v) is 14.2. The number of pyridine rings is 1. The molecule has 0 fully saturated rings. The van der Waals surface area contributed by atoms with Crippen LogP contribution in [0.5, 0.6) is 11.5 Å². The third-order valence-corrected chi connectivity index (χ3v) is 4.23. The number of ether oxygens (including phenoxy) is 1. The van der Waals surface area contributed by atoms with Crippen molar-refractivity contribution in [2.45, 2.75) is 0 Å². The van der Waals surface area contributed by atoms with E-state index in [0.717, 1.165) is 0 Å². The van der Waals surface area contributed by atoms with E-state index in [1.165, 1.54) is 16.6 Å². The van der Waals surface area contributed by atoms with Crippen molar-refractivity contribution in [2.75, 3.05) is 19.1 Å². The summed E-state index contributed by atoms with van der Waals surface area (Å²) in [6.45, 7) is 0. The van der Waals surface area contributed by atoms with Gasteiger partial charge in [-0.05, 0) is 24.3 Å². The van der Waals surface area contributed by atoms with E-state index >= 15 is 0 Å². The van der Waals surface area contributed by atoms with E-state index in [1.54, 1.807) is 56.6 Å². The molecule has 1 N–H and O–H groups in total. The number of hydrogen-bond donors (Lipinski definition) is 1.